The third kappa shape index (κ3) is 4.61. The topological polar surface area (TPSA) is 71.0 Å². The van der Waals surface area contributed by atoms with Crippen LogP contribution in [0.2, 0.25) is 5.02 Å². The average Bonchev–Trinajstić information content (AvgIpc) is 2.92. The number of methoxy groups -OCH3 is 1. The summed E-state index contributed by atoms with van der Waals surface area (Å²) in [5, 5.41) is 3.23. The third-order valence-corrected chi connectivity index (χ3v) is 5.51. The molecule has 6 nitrogen and oxygen atoms in total. The van der Waals surface area contributed by atoms with Gasteiger partial charge in [0.2, 0.25) is 11.8 Å². The smallest absolute Gasteiger partial charge is 0.242 e. The van der Waals surface area contributed by atoms with Gasteiger partial charge < -0.3 is 10.1 Å². The molecule has 2 aromatic rings. The molecular weight excluding hydrogens is 386 g/mol. The summed E-state index contributed by atoms with van der Waals surface area (Å²) in [4.78, 5) is 30.7. The molecule has 0 saturated carbocycles. The van der Waals surface area contributed by atoms with Gasteiger partial charge in [-0.25, -0.2) is 4.99 Å². The van der Waals surface area contributed by atoms with E-state index in [1.54, 1.807) is 50.6 Å². The molecule has 0 bridgehead atoms. The highest BCUT2D eigenvalue weighted by Gasteiger charge is 2.37. The number of aliphatic imine (C=N–C) groups is 1. The maximum Gasteiger partial charge on any atom is 0.242 e. The molecule has 8 heteroatoms. The van der Waals surface area contributed by atoms with Gasteiger partial charge in [-0.15, -0.1) is 0 Å². The molecule has 1 aliphatic heterocycles. The van der Waals surface area contributed by atoms with Gasteiger partial charge in [-0.05, 0) is 36.4 Å². The first-order valence-electron chi connectivity index (χ1n) is 8.19. The predicted octanol–water partition coefficient (Wildman–Crippen LogP) is 3.94. The van der Waals surface area contributed by atoms with Crippen molar-refractivity contribution in [1.82, 2.24) is 4.90 Å². The standard InChI is InChI=1S/C19H18ClN3O3S/c1-23-18(25)16(11-17(24)22-15-6-4-3-5-14(15)20)27-19(23)21-12-7-9-13(26-2)10-8-12/h3-10,16H,11H2,1-2H3,(H,22,24). The molecule has 1 N–H and O–H groups in total. The second-order valence-electron chi connectivity index (χ2n) is 5.83. The molecule has 1 saturated heterocycles. The van der Waals surface area contributed by atoms with E-state index in [-0.39, 0.29) is 18.2 Å². The summed E-state index contributed by atoms with van der Waals surface area (Å²) in [5.41, 5.74) is 1.24. The first-order valence-corrected chi connectivity index (χ1v) is 9.45. The molecule has 140 valence electrons. The third-order valence-electron chi connectivity index (χ3n) is 3.96. The lowest BCUT2D eigenvalue weighted by Gasteiger charge is -2.10. The number of nitrogens with zero attached hydrogens (tertiary/aromatic N) is 2. The lowest BCUT2D eigenvalue weighted by atomic mass is 10.2. The molecule has 1 atom stereocenters. The lowest BCUT2D eigenvalue weighted by Crippen LogP contribution is -2.30. The Bertz CT molecular complexity index is 886. The van der Waals surface area contributed by atoms with Crippen molar-refractivity contribution < 1.29 is 14.3 Å². The van der Waals surface area contributed by atoms with Crippen LogP contribution in [0.4, 0.5) is 11.4 Å². The van der Waals surface area contributed by atoms with Crippen LogP contribution in [-0.4, -0.2) is 41.3 Å². The minimum absolute atomic E-state index is 0.0424. The number of hydrogen-bond donors (Lipinski definition) is 1. The average molecular weight is 404 g/mol. The van der Waals surface area contributed by atoms with Crippen molar-refractivity contribution in [2.75, 3.05) is 19.5 Å². The summed E-state index contributed by atoms with van der Waals surface area (Å²) in [6, 6.07) is 14.2. The zero-order chi connectivity index (χ0) is 19.4. The number of anilines is 1. The molecule has 0 aliphatic carbocycles. The van der Waals surface area contributed by atoms with Gasteiger partial charge in [0, 0.05) is 13.5 Å². The van der Waals surface area contributed by atoms with Gasteiger partial charge in [0.05, 0.1) is 23.5 Å². The molecule has 2 amide bonds. The molecule has 1 aliphatic rings. The molecule has 2 aromatic carbocycles. The summed E-state index contributed by atoms with van der Waals surface area (Å²) in [6.07, 6.45) is 0.0424. The maximum absolute atomic E-state index is 12.5. The van der Waals surface area contributed by atoms with Crippen LogP contribution in [0.25, 0.3) is 0 Å². The van der Waals surface area contributed by atoms with Crippen LogP contribution in [0.3, 0.4) is 0 Å². The van der Waals surface area contributed by atoms with Gasteiger partial charge in [0.1, 0.15) is 11.0 Å². The molecule has 0 aromatic heterocycles. The van der Waals surface area contributed by atoms with Gasteiger partial charge in [0.25, 0.3) is 0 Å². The Hall–Kier alpha value is -2.51. The number of carbonyl (C=O) groups is 2. The Labute approximate surface area is 166 Å². The Balaban J connectivity index is 1.67. The van der Waals surface area contributed by atoms with Crippen molar-refractivity contribution in [2.45, 2.75) is 11.7 Å². The molecule has 3 rings (SSSR count). The monoisotopic (exact) mass is 403 g/mol. The van der Waals surface area contributed by atoms with Gasteiger partial charge in [0.15, 0.2) is 5.17 Å². The van der Waals surface area contributed by atoms with E-state index in [4.69, 9.17) is 16.3 Å². The number of benzene rings is 2. The number of ether oxygens (including phenoxy) is 1. The SMILES string of the molecule is COc1ccc(N=C2SC(CC(=O)Nc3ccccc3Cl)C(=O)N2C)cc1. The van der Waals surface area contributed by atoms with E-state index >= 15 is 0 Å². The van der Waals surface area contributed by atoms with E-state index in [2.05, 4.69) is 10.3 Å². The van der Waals surface area contributed by atoms with Crippen molar-refractivity contribution in [1.29, 1.82) is 0 Å². The van der Waals surface area contributed by atoms with Gasteiger partial charge in [-0.1, -0.05) is 35.5 Å². The van der Waals surface area contributed by atoms with Crippen LogP contribution in [0.15, 0.2) is 53.5 Å². The fourth-order valence-electron chi connectivity index (χ4n) is 2.50. The maximum atomic E-state index is 12.5. The highest BCUT2D eigenvalue weighted by Crippen LogP contribution is 2.31. The van der Waals surface area contributed by atoms with Crippen molar-refractivity contribution in [2.24, 2.45) is 4.99 Å². The van der Waals surface area contributed by atoms with E-state index in [0.29, 0.717) is 21.6 Å². The quantitative estimate of drug-likeness (QED) is 0.820. The fraction of sp³-hybridized carbons (Fsp3) is 0.211. The van der Waals surface area contributed by atoms with Crippen LogP contribution in [-0.2, 0) is 9.59 Å². The number of rotatable bonds is 5. The Morgan fingerprint density at radius 3 is 2.63 bits per heavy atom. The molecule has 0 radical (unpaired) electrons. The molecule has 1 unspecified atom stereocenters. The first kappa shape index (κ1) is 19.3. The number of halogens is 1. The van der Waals surface area contributed by atoms with Crippen molar-refractivity contribution >= 4 is 51.7 Å². The van der Waals surface area contributed by atoms with E-state index in [1.807, 2.05) is 12.1 Å². The summed E-state index contributed by atoms with van der Waals surface area (Å²) >= 11 is 7.32. The summed E-state index contributed by atoms with van der Waals surface area (Å²) in [6.45, 7) is 0. The highest BCUT2D eigenvalue weighted by molar-refractivity contribution is 8.15. The number of amidine groups is 1. The number of hydrogen-bond acceptors (Lipinski definition) is 5. The van der Waals surface area contributed by atoms with E-state index in [9.17, 15) is 9.59 Å². The summed E-state index contributed by atoms with van der Waals surface area (Å²) in [7, 11) is 3.25. The summed E-state index contributed by atoms with van der Waals surface area (Å²) < 4.78 is 5.12. The minimum Gasteiger partial charge on any atom is -0.497 e. The van der Waals surface area contributed by atoms with Gasteiger partial charge in [-0.3, -0.25) is 14.5 Å². The Morgan fingerprint density at radius 2 is 1.96 bits per heavy atom. The zero-order valence-corrected chi connectivity index (χ0v) is 16.4. The summed E-state index contributed by atoms with van der Waals surface area (Å²) in [5.74, 6) is 0.311. The molecular formula is C19H18ClN3O3S. The zero-order valence-electron chi connectivity index (χ0n) is 14.8. The van der Waals surface area contributed by atoms with E-state index in [1.165, 1.54) is 16.7 Å². The van der Waals surface area contributed by atoms with E-state index in [0.717, 1.165) is 5.75 Å². The van der Waals surface area contributed by atoms with Gasteiger partial charge in [-0.2, -0.15) is 0 Å². The second kappa shape index (κ2) is 8.45. The van der Waals surface area contributed by atoms with Crippen LogP contribution in [0.5, 0.6) is 5.75 Å². The number of thioether (sulfide) groups is 1. The fourth-order valence-corrected chi connectivity index (χ4v) is 3.83. The van der Waals surface area contributed by atoms with E-state index < -0.39 is 5.25 Å². The number of carbonyl (C=O) groups excluding carboxylic acids is 2. The Morgan fingerprint density at radius 1 is 1.26 bits per heavy atom. The molecule has 27 heavy (non-hydrogen) atoms. The van der Waals surface area contributed by atoms with Crippen LogP contribution < -0.4 is 10.1 Å². The molecule has 1 heterocycles. The highest BCUT2D eigenvalue weighted by atomic mass is 35.5. The number of amides is 2. The van der Waals surface area contributed by atoms with Crippen molar-refractivity contribution in [3.63, 3.8) is 0 Å². The van der Waals surface area contributed by atoms with Crippen molar-refractivity contribution in [3.05, 3.63) is 53.6 Å². The van der Waals surface area contributed by atoms with Crippen LogP contribution >= 0.6 is 23.4 Å². The minimum atomic E-state index is -0.519. The molecule has 1 fully saturated rings. The van der Waals surface area contributed by atoms with Crippen LogP contribution in [0, 0.1) is 0 Å². The predicted molar refractivity (Wildman–Crippen MR) is 109 cm³/mol. The number of para-hydroxylation sites is 1. The van der Waals surface area contributed by atoms with Gasteiger partial charge >= 0.3 is 0 Å². The van der Waals surface area contributed by atoms with Crippen molar-refractivity contribution in [3.8, 4) is 5.75 Å². The van der Waals surface area contributed by atoms with Crippen LogP contribution in [0.1, 0.15) is 6.42 Å². The lowest BCUT2D eigenvalue weighted by molar-refractivity contribution is -0.127. The second-order valence-corrected chi connectivity index (χ2v) is 7.41. The molecule has 0 spiro atoms. The Kier molecular flexibility index (Phi) is 6.03. The largest absolute Gasteiger partial charge is 0.497 e. The first-order chi connectivity index (χ1) is 13.0. The normalized spacial score (nSPS) is 18.0. The number of nitrogens with one attached hydrogen (secondary N) is 1.